The molecule has 118 valence electrons. The zero-order valence-electron chi connectivity index (χ0n) is 10.5. The van der Waals surface area contributed by atoms with Crippen molar-refractivity contribution in [3.05, 3.63) is 0 Å². The molecule has 0 aromatic heterocycles. The minimum Gasteiger partial charge on any atom is -0.480 e. The van der Waals surface area contributed by atoms with E-state index < -0.39 is 42.1 Å². The standard InChI is InChI=1S/C10H13F6NO3/c1-3-4(2)5(8(19)20)17-7(18)6(9(11,12)13)10(14,15)16/h4-6H,3H2,1-2H3,(H,17,18)(H,19,20)/t4?,5-/m0/s1. The number of carbonyl (C=O) groups is 2. The zero-order valence-corrected chi connectivity index (χ0v) is 10.5. The molecule has 0 saturated heterocycles. The van der Waals surface area contributed by atoms with Gasteiger partial charge in [-0.1, -0.05) is 20.3 Å². The number of aliphatic carboxylic acids is 1. The van der Waals surface area contributed by atoms with Crippen molar-refractivity contribution >= 4 is 11.9 Å². The summed E-state index contributed by atoms with van der Waals surface area (Å²) in [7, 11) is 0. The van der Waals surface area contributed by atoms with E-state index in [0.29, 0.717) is 0 Å². The maximum Gasteiger partial charge on any atom is 0.409 e. The van der Waals surface area contributed by atoms with E-state index in [2.05, 4.69) is 0 Å². The molecular formula is C10H13F6NO3. The number of halogens is 6. The minimum atomic E-state index is -5.85. The third-order valence-corrected chi connectivity index (χ3v) is 2.69. The molecule has 0 bridgehead atoms. The number of nitrogens with one attached hydrogen (secondary N) is 1. The van der Waals surface area contributed by atoms with Crippen molar-refractivity contribution in [1.82, 2.24) is 5.32 Å². The topological polar surface area (TPSA) is 66.4 Å². The molecule has 0 aliphatic rings. The second kappa shape index (κ2) is 6.31. The van der Waals surface area contributed by atoms with Gasteiger partial charge in [0.15, 0.2) is 0 Å². The molecule has 0 rings (SSSR count). The molecule has 0 aromatic rings. The zero-order chi connectivity index (χ0) is 16.3. The number of amides is 1. The van der Waals surface area contributed by atoms with Gasteiger partial charge in [0.25, 0.3) is 0 Å². The molecule has 2 atom stereocenters. The number of hydrogen-bond acceptors (Lipinski definition) is 2. The maximum absolute atomic E-state index is 12.3. The number of carboxylic acid groups (broad SMARTS) is 1. The van der Waals surface area contributed by atoms with E-state index in [9.17, 15) is 35.9 Å². The lowest BCUT2D eigenvalue weighted by atomic mass is 9.98. The molecule has 0 aromatic carbocycles. The monoisotopic (exact) mass is 309 g/mol. The van der Waals surface area contributed by atoms with Crippen molar-refractivity contribution in [2.24, 2.45) is 11.8 Å². The van der Waals surface area contributed by atoms with Gasteiger partial charge in [0, 0.05) is 0 Å². The molecule has 0 spiro atoms. The van der Waals surface area contributed by atoms with Crippen molar-refractivity contribution in [1.29, 1.82) is 0 Å². The van der Waals surface area contributed by atoms with Crippen molar-refractivity contribution in [3.63, 3.8) is 0 Å². The number of hydrogen-bond donors (Lipinski definition) is 2. The first-order chi connectivity index (χ1) is 8.82. The van der Waals surface area contributed by atoms with Crippen LogP contribution in [0, 0.1) is 11.8 Å². The molecule has 10 heteroatoms. The van der Waals surface area contributed by atoms with Gasteiger partial charge in [-0.2, -0.15) is 26.3 Å². The average molecular weight is 309 g/mol. The van der Waals surface area contributed by atoms with Crippen LogP contribution in [0.4, 0.5) is 26.3 Å². The van der Waals surface area contributed by atoms with Crippen LogP contribution in [-0.4, -0.2) is 35.4 Å². The van der Waals surface area contributed by atoms with Crippen LogP contribution in [0.1, 0.15) is 20.3 Å². The highest BCUT2D eigenvalue weighted by atomic mass is 19.4. The second-order valence-corrected chi connectivity index (χ2v) is 4.23. The smallest absolute Gasteiger partial charge is 0.409 e. The van der Waals surface area contributed by atoms with Crippen LogP contribution in [-0.2, 0) is 9.59 Å². The molecule has 0 aliphatic carbocycles. The summed E-state index contributed by atoms with van der Waals surface area (Å²) < 4.78 is 73.6. The first kappa shape index (κ1) is 18.5. The Labute approximate surface area is 110 Å². The fourth-order valence-electron chi connectivity index (χ4n) is 1.40. The van der Waals surface area contributed by atoms with Crippen molar-refractivity contribution < 1.29 is 41.0 Å². The highest BCUT2D eigenvalue weighted by molar-refractivity contribution is 5.86. The SMILES string of the molecule is CCC(C)[C@H](NC(=O)C(C(F)(F)F)C(F)(F)F)C(=O)O. The summed E-state index contributed by atoms with van der Waals surface area (Å²) in [5.74, 6) is -9.19. The highest BCUT2D eigenvalue weighted by Gasteiger charge is 2.61. The van der Waals surface area contributed by atoms with E-state index in [0.717, 1.165) is 0 Å². The molecule has 0 fully saturated rings. The number of carboxylic acids is 1. The summed E-state index contributed by atoms with van der Waals surface area (Å²) in [6, 6.07) is -1.82. The third kappa shape index (κ3) is 4.89. The summed E-state index contributed by atoms with van der Waals surface area (Å²) in [5.41, 5.74) is 0. The Kier molecular flexibility index (Phi) is 5.85. The van der Waals surface area contributed by atoms with Gasteiger partial charge in [0.2, 0.25) is 11.8 Å². The molecule has 1 amide bonds. The van der Waals surface area contributed by atoms with Crippen molar-refractivity contribution in [2.75, 3.05) is 0 Å². The molecular weight excluding hydrogens is 296 g/mol. The fraction of sp³-hybridized carbons (Fsp3) is 0.800. The first-order valence-electron chi connectivity index (χ1n) is 5.49. The Hall–Kier alpha value is -1.48. The van der Waals surface area contributed by atoms with Crippen molar-refractivity contribution in [2.45, 2.75) is 38.7 Å². The molecule has 1 unspecified atom stereocenters. The molecule has 0 heterocycles. The van der Waals surface area contributed by atoms with E-state index in [1.54, 1.807) is 0 Å². The normalized spacial score (nSPS) is 15.8. The summed E-state index contributed by atoms with van der Waals surface area (Å²) in [5, 5.41) is 10.0. The largest absolute Gasteiger partial charge is 0.480 e. The maximum atomic E-state index is 12.3. The fourth-order valence-corrected chi connectivity index (χ4v) is 1.40. The predicted octanol–water partition coefficient (Wildman–Crippen LogP) is 2.34. The number of rotatable bonds is 5. The third-order valence-electron chi connectivity index (χ3n) is 2.69. The quantitative estimate of drug-likeness (QED) is 0.766. The van der Waals surface area contributed by atoms with Crippen LogP contribution in [0.2, 0.25) is 0 Å². The van der Waals surface area contributed by atoms with E-state index in [1.165, 1.54) is 19.2 Å². The molecule has 0 radical (unpaired) electrons. The lowest BCUT2D eigenvalue weighted by molar-refractivity contribution is -0.274. The van der Waals surface area contributed by atoms with Gasteiger partial charge in [-0.15, -0.1) is 0 Å². The average Bonchev–Trinajstić information content (AvgIpc) is 2.20. The van der Waals surface area contributed by atoms with Crippen LogP contribution in [0.5, 0.6) is 0 Å². The molecule has 0 aliphatic heterocycles. The van der Waals surface area contributed by atoms with E-state index in [1.807, 2.05) is 0 Å². The Bertz CT molecular complexity index is 351. The Balaban J connectivity index is 5.25. The van der Waals surface area contributed by atoms with E-state index in [4.69, 9.17) is 5.11 Å². The Morgan fingerprint density at radius 2 is 1.50 bits per heavy atom. The van der Waals surface area contributed by atoms with Gasteiger partial charge >= 0.3 is 18.3 Å². The number of carbonyl (C=O) groups excluding carboxylic acids is 1. The highest BCUT2D eigenvalue weighted by Crippen LogP contribution is 2.39. The first-order valence-corrected chi connectivity index (χ1v) is 5.49. The number of alkyl halides is 6. The molecule has 2 N–H and O–H groups in total. The predicted molar refractivity (Wildman–Crippen MR) is 54.6 cm³/mol. The van der Waals surface area contributed by atoms with Gasteiger partial charge in [0.05, 0.1) is 0 Å². The Morgan fingerprint density at radius 1 is 1.10 bits per heavy atom. The van der Waals surface area contributed by atoms with E-state index >= 15 is 0 Å². The van der Waals surface area contributed by atoms with Gasteiger partial charge in [-0.05, 0) is 5.92 Å². The second-order valence-electron chi connectivity index (χ2n) is 4.23. The van der Waals surface area contributed by atoms with Crippen LogP contribution >= 0.6 is 0 Å². The lowest BCUT2D eigenvalue weighted by Crippen LogP contribution is -2.53. The molecule has 0 saturated carbocycles. The van der Waals surface area contributed by atoms with Crippen LogP contribution in [0.3, 0.4) is 0 Å². The van der Waals surface area contributed by atoms with Gasteiger partial charge in [-0.25, -0.2) is 4.79 Å². The summed E-state index contributed by atoms with van der Waals surface area (Å²) in [6.07, 6.45) is -11.5. The van der Waals surface area contributed by atoms with Crippen LogP contribution in [0.15, 0.2) is 0 Å². The lowest BCUT2D eigenvalue weighted by Gasteiger charge is -2.26. The summed E-state index contributed by atoms with van der Waals surface area (Å²) in [4.78, 5) is 21.9. The van der Waals surface area contributed by atoms with Crippen molar-refractivity contribution in [3.8, 4) is 0 Å². The summed E-state index contributed by atoms with van der Waals surface area (Å²) >= 11 is 0. The van der Waals surface area contributed by atoms with Gasteiger partial charge in [0.1, 0.15) is 6.04 Å². The van der Waals surface area contributed by atoms with Gasteiger partial charge < -0.3 is 10.4 Å². The van der Waals surface area contributed by atoms with Gasteiger partial charge in [-0.3, -0.25) is 4.79 Å². The van der Waals surface area contributed by atoms with E-state index in [-0.39, 0.29) is 6.42 Å². The van der Waals surface area contributed by atoms with Crippen LogP contribution in [0.25, 0.3) is 0 Å². The Morgan fingerprint density at radius 3 is 1.75 bits per heavy atom. The van der Waals surface area contributed by atoms with Crippen LogP contribution < -0.4 is 5.32 Å². The molecule has 20 heavy (non-hydrogen) atoms. The minimum absolute atomic E-state index is 0.153. The molecule has 4 nitrogen and oxygen atoms in total. The summed E-state index contributed by atoms with van der Waals surface area (Å²) in [6.45, 7) is 2.77.